The molecule has 7 heteroatoms. The van der Waals surface area contributed by atoms with Gasteiger partial charge in [-0.15, -0.1) is 0 Å². The molecule has 4 rings (SSSR count). The molecule has 0 radical (unpaired) electrons. The van der Waals surface area contributed by atoms with E-state index in [1.807, 2.05) is 38.1 Å². The van der Waals surface area contributed by atoms with Gasteiger partial charge in [-0.2, -0.15) is 0 Å². The highest BCUT2D eigenvalue weighted by Crippen LogP contribution is 2.33. The first-order valence-corrected chi connectivity index (χ1v) is 10.1. The Labute approximate surface area is 185 Å². The molecule has 0 aliphatic heterocycles. The number of rotatable bonds is 7. The van der Waals surface area contributed by atoms with Crippen molar-refractivity contribution in [3.8, 4) is 28.7 Å². The van der Waals surface area contributed by atoms with E-state index in [1.54, 1.807) is 44.6 Å². The van der Waals surface area contributed by atoms with E-state index < -0.39 is 0 Å². The number of anilines is 1. The van der Waals surface area contributed by atoms with Crippen LogP contribution in [0.4, 0.5) is 5.69 Å². The highest BCUT2D eigenvalue weighted by Gasteiger charge is 2.13. The van der Waals surface area contributed by atoms with Gasteiger partial charge in [-0.3, -0.25) is 4.79 Å². The van der Waals surface area contributed by atoms with Gasteiger partial charge in [0.15, 0.2) is 23.7 Å². The first kappa shape index (κ1) is 21.2. The van der Waals surface area contributed by atoms with Crippen LogP contribution in [0.5, 0.6) is 17.2 Å². The average molecular weight is 432 g/mol. The topological polar surface area (TPSA) is 82.8 Å². The lowest BCUT2D eigenvalue weighted by atomic mass is 10.1. The summed E-state index contributed by atoms with van der Waals surface area (Å²) < 4.78 is 22.1. The van der Waals surface area contributed by atoms with Gasteiger partial charge in [0.25, 0.3) is 5.91 Å². The Bertz CT molecular complexity index is 1280. The van der Waals surface area contributed by atoms with Crippen molar-refractivity contribution in [3.63, 3.8) is 0 Å². The predicted octanol–water partition coefficient (Wildman–Crippen LogP) is 5.15. The molecule has 1 N–H and O–H groups in total. The van der Waals surface area contributed by atoms with E-state index in [0.29, 0.717) is 39.9 Å². The SMILES string of the molecule is COc1ccc(-c2nc3cc(NC(=O)COc4ccc(C)cc4C)ccc3o2)cc1OC. The van der Waals surface area contributed by atoms with Crippen molar-refractivity contribution in [3.05, 3.63) is 65.7 Å². The number of oxazole rings is 1. The quantitative estimate of drug-likeness (QED) is 0.435. The molecule has 32 heavy (non-hydrogen) atoms. The Morgan fingerprint density at radius 2 is 1.72 bits per heavy atom. The zero-order valence-corrected chi connectivity index (χ0v) is 18.4. The minimum atomic E-state index is -0.257. The maximum atomic E-state index is 12.4. The number of benzene rings is 3. The summed E-state index contributed by atoms with van der Waals surface area (Å²) in [6.45, 7) is 3.88. The second-order valence-corrected chi connectivity index (χ2v) is 7.38. The molecule has 164 valence electrons. The first-order valence-electron chi connectivity index (χ1n) is 10.1. The molecule has 0 bridgehead atoms. The highest BCUT2D eigenvalue weighted by molar-refractivity contribution is 5.94. The van der Waals surface area contributed by atoms with Crippen molar-refractivity contribution in [2.45, 2.75) is 13.8 Å². The van der Waals surface area contributed by atoms with Crippen LogP contribution in [0.1, 0.15) is 11.1 Å². The third kappa shape index (κ3) is 4.51. The van der Waals surface area contributed by atoms with Gasteiger partial charge in [-0.05, 0) is 61.9 Å². The molecule has 0 saturated carbocycles. The molecule has 0 fully saturated rings. The van der Waals surface area contributed by atoms with Crippen molar-refractivity contribution in [2.24, 2.45) is 0 Å². The van der Waals surface area contributed by atoms with Crippen LogP contribution in [-0.4, -0.2) is 31.7 Å². The molecule has 0 spiro atoms. The minimum Gasteiger partial charge on any atom is -0.493 e. The Morgan fingerprint density at radius 3 is 2.47 bits per heavy atom. The van der Waals surface area contributed by atoms with Crippen LogP contribution < -0.4 is 19.5 Å². The summed E-state index contributed by atoms with van der Waals surface area (Å²) in [5.41, 5.74) is 4.74. The number of ether oxygens (including phenoxy) is 3. The Kier molecular flexibility index (Phi) is 5.98. The number of aromatic nitrogens is 1. The maximum absolute atomic E-state index is 12.4. The summed E-state index contributed by atoms with van der Waals surface area (Å²) in [6, 6.07) is 16.6. The molecule has 0 atom stereocenters. The van der Waals surface area contributed by atoms with Crippen LogP contribution >= 0.6 is 0 Å². The molecule has 1 heterocycles. The van der Waals surface area contributed by atoms with Gasteiger partial charge in [-0.25, -0.2) is 4.98 Å². The van der Waals surface area contributed by atoms with Gasteiger partial charge in [0.05, 0.1) is 14.2 Å². The number of hydrogen-bond acceptors (Lipinski definition) is 6. The lowest BCUT2D eigenvalue weighted by Crippen LogP contribution is -2.20. The lowest BCUT2D eigenvalue weighted by molar-refractivity contribution is -0.118. The summed E-state index contributed by atoms with van der Waals surface area (Å²) in [4.78, 5) is 16.9. The minimum absolute atomic E-state index is 0.0857. The summed E-state index contributed by atoms with van der Waals surface area (Å²) in [5, 5.41) is 2.84. The third-order valence-corrected chi connectivity index (χ3v) is 4.99. The monoisotopic (exact) mass is 432 g/mol. The van der Waals surface area contributed by atoms with Gasteiger partial charge in [0.2, 0.25) is 5.89 Å². The fourth-order valence-electron chi connectivity index (χ4n) is 3.40. The molecule has 0 aliphatic carbocycles. The lowest BCUT2D eigenvalue weighted by Gasteiger charge is -2.10. The van der Waals surface area contributed by atoms with Crippen molar-refractivity contribution in [1.29, 1.82) is 0 Å². The normalized spacial score (nSPS) is 10.8. The number of methoxy groups -OCH3 is 2. The van der Waals surface area contributed by atoms with Gasteiger partial charge in [-0.1, -0.05) is 17.7 Å². The third-order valence-electron chi connectivity index (χ3n) is 4.99. The highest BCUT2D eigenvalue weighted by atomic mass is 16.5. The number of nitrogens with one attached hydrogen (secondary N) is 1. The zero-order chi connectivity index (χ0) is 22.7. The van der Waals surface area contributed by atoms with Crippen LogP contribution in [0.3, 0.4) is 0 Å². The summed E-state index contributed by atoms with van der Waals surface area (Å²) in [6.07, 6.45) is 0. The summed E-state index contributed by atoms with van der Waals surface area (Å²) in [5.74, 6) is 2.09. The fourth-order valence-corrected chi connectivity index (χ4v) is 3.40. The molecule has 4 aromatic rings. The van der Waals surface area contributed by atoms with Crippen LogP contribution in [0, 0.1) is 13.8 Å². The number of amides is 1. The van der Waals surface area contributed by atoms with Gasteiger partial charge in [0.1, 0.15) is 11.3 Å². The first-order chi connectivity index (χ1) is 15.5. The molecule has 1 amide bonds. The number of fused-ring (bicyclic) bond motifs is 1. The zero-order valence-electron chi connectivity index (χ0n) is 18.4. The van der Waals surface area contributed by atoms with Crippen LogP contribution in [0.2, 0.25) is 0 Å². The van der Waals surface area contributed by atoms with Crippen molar-refractivity contribution < 1.29 is 23.4 Å². The summed E-state index contributed by atoms with van der Waals surface area (Å²) >= 11 is 0. The van der Waals surface area contributed by atoms with E-state index in [9.17, 15) is 4.79 Å². The molecule has 0 aliphatic rings. The second kappa shape index (κ2) is 9.01. The maximum Gasteiger partial charge on any atom is 0.262 e. The molecular formula is C25H24N2O5. The van der Waals surface area contributed by atoms with Crippen molar-refractivity contribution in [1.82, 2.24) is 4.98 Å². The number of carbonyl (C=O) groups is 1. The smallest absolute Gasteiger partial charge is 0.262 e. The Morgan fingerprint density at radius 1 is 0.938 bits per heavy atom. The molecule has 3 aromatic carbocycles. The van der Waals surface area contributed by atoms with E-state index >= 15 is 0 Å². The number of carbonyl (C=O) groups excluding carboxylic acids is 1. The average Bonchev–Trinajstić information content (AvgIpc) is 3.21. The standard InChI is InChI=1S/C25H24N2O5/c1-15-5-8-20(16(2)11-15)31-14-24(28)26-18-7-10-21-19(13-18)27-25(32-21)17-6-9-22(29-3)23(12-17)30-4/h5-13H,14H2,1-4H3,(H,26,28). The number of nitrogens with zero attached hydrogens (tertiary/aromatic N) is 1. The van der Waals surface area contributed by atoms with Gasteiger partial charge < -0.3 is 23.9 Å². The van der Waals surface area contributed by atoms with Crippen LogP contribution in [0.15, 0.2) is 59.0 Å². The fraction of sp³-hybridized carbons (Fsp3) is 0.200. The van der Waals surface area contributed by atoms with E-state index in [1.165, 1.54) is 0 Å². The number of aryl methyl sites for hydroxylation is 2. The molecule has 0 unspecified atom stereocenters. The van der Waals surface area contributed by atoms with E-state index in [0.717, 1.165) is 16.7 Å². The van der Waals surface area contributed by atoms with Crippen molar-refractivity contribution in [2.75, 3.05) is 26.1 Å². The van der Waals surface area contributed by atoms with Crippen LogP contribution in [-0.2, 0) is 4.79 Å². The predicted molar refractivity (Wildman–Crippen MR) is 123 cm³/mol. The number of hydrogen-bond donors (Lipinski definition) is 1. The van der Waals surface area contributed by atoms with E-state index in [2.05, 4.69) is 10.3 Å². The van der Waals surface area contributed by atoms with E-state index in [-0.39, 0.29) is 12.5 Å². The van der Waals surface area contributed by atoms with Gasteiger partial charge >= 0.3 is 0 Å². The molecule has 7 nitrogen and oxygen atoms in total. The van der Waals surface area contributed by atoms with Gasteiger partial charge in [0, 0.05) is 11.3 Å². The molecular weight excluding hydrogens is 408 g/mol. The molecule has 0 saturated heterocycles. The van der Waals surface area contributed by atoms with E-state index in [4.69, 9.17) is 18.6 Å². The second-order valence-electron chi connectivity index (χ2n) is 7.38. The Balaban J connectivity index is 1.47. The summed E-state index contributed by atoms with van der Waals surface area (Å²) in [7, 11) is 3.16. The van der Waals surface area contributed by atoms with Crippen LogP contribution in [0.25, 0.3) is 22.6 Å². The largest absolute Gasteiger partial charge is 0.493 e. The van der Waals surface area contributed by atoms with Crippen molar-refractivity contribution >= 4 is 22.7 Å². The Hall–Kier alpha value is -4.00. The molecule has 1 aromatic heterocycles.